The van der Waals surface area contributed by atoms with Crippen LogP contribution in [0.15, 0.2) is 35.3 Å². The third kappa shape index (κ3) is 2.08. The number of rotatable bonds is 1. The minimum absolute atomic E-state index is 0.415. The van der Waals surface area contributed by atoms with Gasteiger partial charge in [-0.2, -0.15) is 0 Å². The van der Waals surface area contributed by atoms with Crippen LogP contribution in [-0.4, -0.2) is 15.0 Å². The van der Waals surface area contributed by atoms with Crippen molar-refractivity contribution < 1.29 is 0 Å². The first-order valence-electron chi connectivity index (χ1n) is 3.86. The molecule has 14 heavy (non-hydrogen) atoms. The van der Waals surface area contributed by atoms with E-state index in [0.29, 0.717) is 9.89 Å². The van der Waals surface area contributed by atoms with Gasteiger partial charge in [-0.25, -0.2) is 9.97 Å². The van der Waals surface area contributed by atoms with E-state index in [-0.39, 0.29) is 0 Å². The molecule has 0 spiro atoms. The Hall–Kier alpha value is -1.00. The zero-order chi connectivity index (χ0) is 9.97. The van der Waals surface area contributed by atoms with Gasteiger partial charge >= 0.3 is 0 Å². The molecular formula is C9H5BrClN3. The Kier molecular flexibility index (Phi) is 2.74. The molecule has 0 saturated carbocycles. The van der Waals surface area contributed by atoms with Crippen LogP contribution in [0.4, 0.5) is 0 Å². The third-order valence-corrected chi connectivity index (χ3v) is 2.19. The maximum Gasteiger partial charge on any atom is 0.198 e. The van der Waals surface area contributed by atoms with Crippen molar-refractivity contribution in [1.82, 2.24) is 15.0 Å². The molecule has 5 heteroatoms. The molecule has 0 aliphatic heterocycles. The molecule has 0 atom stereocenters. The summed E-state index contributed by atoms with van der Waals surface area (Å²) >= 11 is 8.99. The Labute approximate surface area is 94.3 Å². The average Bonchev–Trinajstić information content (AvgIpc) is 2.18. The summed E-state index contributed by atoms with van der Waals surface area (Å²) in [7, 11) is 0. The van der Waals surface area contributed by atoms with E-state index < -0.39 is 0 Å². The van der Waals surface area contributed by atoms with Crippen molar-refractivity contribution in [3.05, 3.63) is 40.5 Å². The Morgan fingerprint density at radius 3 is 2.50 bits per heavy atom. The standard InChI is InChI=1S/C9H5BrClN3/c10-9-13-7(5-8(11)14-9)6-1-3-12-4-2-6/h1-5H. The summed E-state index contributed by atoms with van der Waals surface area (Å²) in [4.78, 5) is 12.0. The van der Waals surface area contributed by atoms with Crippen molar-refractivity contribution >= 4 is 27.5 Å². The molecule has 2 heterocycles. The van der Waals surface area contributed by atoms with Gasteiger partial charge in [-0.3, -0.25) is 4.98 Å². The summed E-state index contributed by atoms with van der Waals surface area (Å²) in [5.74, 6) is 0. The Balaban J connectivity index is 2.52. The number of hydrogen-bond acceptors (Lipinski definition) is 3. The minimum Gasteiger partial charge on any atom is -0.265 e. The quantitative estimate of drug-likeness (QED) is 0.591. The first kappa shape index (κ1) is 9.55. The van der Waals surface area contributed by atoms with E-state index in [1.807, 2.05) is 12.1 Å². The van der Waals surface area contributed by atoms with Crippen LogP contribution < -0.4 is 0 Å². The highest BCUT2D eigenvalue weighted by Gasteiger charge is 2.02. The van der Waals surface area contributed by atoms with Gasteiger partial charge < -0.3 is 0 Å². The van der Waals surface area contributed by atoms with Gasteiger partial charge in [-0.05, 0) is 28.1 Å². The van der Waals surface area contributed by atoms with Crippen LogP contribution in [0.3, 0.4) is 0 Å². The summed E-state index contributed by atoms with van der Waals surface area (Å²) < 4.78 is 0.483. The molecule has 0 radical (unpaired) electrons. The van der Waals surface area contributed by atoms with Crippen LogP contribution in [0.25, 0.3) is 11.3 Å². The molecule has 0 saturated heterocycles. The normalized spacial score (nSPS) is 10.1. The van der Waals surface area contributed by atoms with Crippen LogP contribution in [0.2, 0.25) is 5.15 Å². The maximum atomic E-state index is 5.80. The molecule has 0 unspecified atom stereocenters. The highest BCUT2D eigenvalue weighted by molar-refractivity contribution is 9.10. The van der Waals surface area contributed by atoms with Crippen molar-refractivity contribution in [2.75, 3.05) is 0 Å². The number of hydrogen-bond donors (Lipinski definition) is 0. The van der Waals surface area contributed by atoms with E-state index in [2.05, 4.69) is 30.9 Å². The first-order chi connectivity index (χ1) is 6.75. The van der Waals surface area contributed by atoms with Crippen molar-refractivity contribution in [3.63, 3.8) is 0 Å². The van der Waals surface area contributed by atoms with Crippen LogP contribution in [0, 0.1) is 0 Å². The summed E-state index contributed by atoms with van der Waals surface area (Å²) in [5, 5.41) is 0.415. The molecule has 3 nitrogen and oxygen atoms in total. The molecule has 2 rings (SSSR count). The topological polar surface area (TPSA) is 38.7 Å². The van der Waals surface area contributed by atoms with Gasteiger partial charge in [0.25, 0.3) is 0 Å². The smallest absolute Gasteiger partial charge is 0.198 e. The Bertz CT molecular complexity index is 427. The molecule has 0 bridgehead atoms. The predicted molar refractivity (Wildman–Crippen MR) is 58.0 cm³/mol. The summed E-state index contributed by atoms with van der Waals surface area (Å²) in [5.41, 5.74) is 1.74. The van der Waals surface area contributed by atoms with E-state index in [9.17, 15) is 0 Å². The predicted octanol–water partition coefficient (Wildman–Crippen LogP) is 2.95. The Morgan fingerprint density at radius 2 is 1.86 bits per heavy atom. The minimum atomic E-state index is 0.415. The monoisotopic (exact) mass is 269 g/mol. The lowest BCUT2D eigenvalue weighted by molar-refractivity contribution is 1.11. The van der Waals surface area contributed by atoms with E-state index in [0.717, 1.165) is 11.3 Å². The summed E-state index contributed by atoms with van der Waals surface area (Å²) in [6.07, 6.45) is 3.42. The van der Waals surface area contributed by atoms with E-state index in [4.69, 9.17) is 11.6 Å². The number of nitrogens with zero attached hydrogens (tertiary/aromatic N) is 3. The zero-order valence-electron chi connectivity index (χ0n) is 6.98. The fraction of sp³-hybridized carbons (Fsp3) is 0. The molecule has 0 fully saturated rings. The van der Waals surface area contributed by atoms with Crippen molar-refractivity contribution in [1.29, 1.82) is 0 Å². The zero-order valence-corrected chi connectivity index (χ0v) is 9.33. The molecule has 70 valence electrons. The summed E-state index contributed by atoms with van der Waals surface area (Å²) in [6.45, 7) is 0. The molecule has 0 aromatic carbocycles. The lowest BCUT2D eigenvalue weighted by Gasteiger charge is -2.00. The SMILES string of the molecule is Clc1cc(-c2ccncc2)nc(Br)n1. The Morgan fingerprint density at radius 1 is 1.14 bits per heavy atom. The average molecular weight is 271 g/mol. The van der Waals surface area contributed by atoms with Gasteiger partial charge in [-0.15, -0.1) is 0 Å². The third-order valence-electron chi connectivity index (χ3n) is 1.64. The van der Waals surface area contributed by atoms with Crippen molar-refractivity contribution in [2.45, 2.75) is 0 Å². The largest absolute Gasteiger partial charge is 0.265 e. The lowest BCUT2D eigenvalue weighted by atomic mass is 10.2. The highest BCUT2D eigenvalue weighted by atomic mass is 79.9. The number of aromatic nitrogens is 3. The van der Waals surface area contributed by atoms with E-state index in [1.54, 1.807) is 18.5 Å². The van der Waals surface area contributed by atoms with Gasteiger partial charge in [0.2, 0.25) is 0 Å². The van der Waals surface area contributed by atoms with Gasteiger partial charge in [0, 0.05) is 24.0 Å². The highest BCUT2D eigenvalue weighted by Crippen LogP contribution is 2.20. The van der Waals surface area contributed by atoms with Crippen LogP contribution in [-0.2, 0) is 0 Å². The molecule has 0 amide bonds. The van der Waals surface area contributed by atoms with Crippen molar-refractivity contribution in [3.8, 4) is 11.3 Å². The summed E-state index contributed by atoms with van der Waals surface area (Å²) in [6, 6.07) is 5.44. The molecule has 0 aliphatic carbocycles. The number of pyridine rings is 1. The first-order valence-corrected chi connectivity index (χ1v) is 5.03. The molecule has 2 aromatic heterocycles. The second-order valence-corrected chi connectivity index (χ2v) is 3.68. The van der Waals surface area contributed by atoms with E-state index in [1.165, 1.54) is 0 Å². The van der Waals surface area contributed by atoms with Gasteiger partial charge in [0.15, 0.2) is 4.73 Å². The van der Waals surface area contributed by atoms with E-state index >= 15 is 0 Å². The van der Waals surface area contributed by atoms with Gasteiger partial charge in [0.05, 0.1) is 5.69 Å². The molecule has 0 aliphatic rings. The second-order valence-electron chi connectivity index (χ2n) is 2.58. The van der Waals surface area contributed by atoms with Crippen LogP contribution in [0.1, 0.15) is 0 Å². The van der Waals surface area contributed by atoms with Crippen molar-refractivity contribution in [2.24, 2.45) is 0 Å². The number of halogens is 2. The van der Waals surface area contributed by atoms with Gasteiger partial charge in [0.1, 0.15) is 5.15 Å². The molecular weight excluding hydrogens is 265 g/mol. The molecule has 2 aromatic rings. The molecule has 0 N–H and O–H groups in total. The van der Waals surface area contributed by atoms with Gasteiger partial charge in [-0.1, -0.05) is 11.6 Å². The fourth-order valence-electron chi connectivity index (χ4n) is 1.06. The fourth-order valence-corrected chi connectivity index (χ4v) is 1.73. The van der Waals surface area contributed by atoms with Crippen LogP contribution in [0.5, 0.6) is 0 Å². The second kappa shape index (κ2) is 4.02. The maximum absolute atomic E-state index is 5.80. The lowest BCUT2D eigenvalue weighted by Crippen LogP contribution is -1.88. The van der Waals surface area contributed by atoms with Crippen LogP contribution >= 0.6 is 27.5 Å².